The zero-order valence-corrected chi connectivity index (χ0v) is 12.8. The third-order valence-electron chi connectivity index (χ3n) is 3.34. The van der Waals surface area contributed by atoms with Crippen LogP contribution < -0.4 is 9.64 Å². The van der Waals surface area contributed by atoms with Gasteiger partial charge in [-0.1, -0.05) is 11.8 Å². The van der Waals surface area contributed by atoms with Crippen LogP contribution >= 0.6 is 11.8 Å². The van der Waals surface area contributed by atoms with E-state index in [2.05, 4.69) is 6.07 Å². The fourth-order valence-corrected chi connectivity index (χ4v) is 3.01. The highest BCUT2D eigenvalue weighted by Crippen LogP contribution is 2.32. The summed E-state index contributed by atoms with van der Waals surface area (Å²) in [6.45, 7) is 2.05. The van der Waals surface area contributed by atoms with E-state index in [1.165, 1.54) is 18.7 Å². The molecule has 1 atom stereocenters. The second-order valence-electron chi connectivity index (χ2n) is 4.87. The fourth-order valence-electron chi connectivity index (χ4n) is 2.32. The maximum absolute atomic E-state index is 12.2. The van der Waals surface area contributed by atoms with Crippen LogP contribution in [0.2, 0.25) is 0 Å². The number of rotatable bonds is 4. The van der Waals surface area contributed by atoms with Crippen molar-refractivity contribution in [1.29, 1.82) is 5.26 Å². The molecular formula is C15H16N2O3S. The summed E-state index contributed by atoms with van der Waals surface area (Å²) >= 11 is 1.24. The van der Waals surface area contributed by atoms with Gasteiger partial charge in [0.1, 0.15) is 11.8 Å². The Bertz CT molecular complexity index is 609. The van der Waals surface area contributed by atoms with E-state index >= 15 is 0 Å². The summed E-state index contributed by atoms with van der Waals surface area (Å²) in [5.74, 6) is 1.35. The van der Waals surface area contributed by atoms with Gasteiger partial charge in [0.15, 0.2) is 5.12 Å². The van der Waals surface area contributed by atoms with Crippen molar-refractivity contribution in [1.82, 2.24) is 0 Å². The molecule has 1 saturated heterocycles. The number of ether oxygens (including phenoxy) is 1. The molecule has 0 spiro atoms. The minimum Gasteiger partial charge on any atom is -0.497 e. The van der Waals surface area contributed by atoms with Crippen LogP contribution in [-0.2, 0) is 9.59 Å². The Morgan fingerprint density at radius 3 is 2.95 bits per heavy atom. The molecule has 1 amide bonds. The largest absolute Gasteiger partial charge is 0.497 e. The van der Waals surface area contributed by atoms with Crippen LogP contribution in [-0.4, -0.2) is 30.4 Å². The molecular weight excluding hydrogens is 288 g/mol. The zero-order valence-electron chi connectivity index (χ0n) is 12.0. The van der Waals surface area contributed by atoms with Gasteiger partial charge in [0, 0.05) is 31.7 Å². The van der Waals surface area contributed by atoms with Gasteiger partial charge in [0.25, 0.3) is 0 Å². The number of amides is 1. The lowest BCUT2D eigenvalue weighted by Crippen LogP contribution is -2.25. The van der Waals surface area contributed by atoms with Crippen molar-refractivity contribution >= 4 is 28.5 Å². The average Bonchev–Trinajstić information content (AvgIpc) is 2.85. The number of hydrogen-bond donors (Lipinski definition) is 0. The third-order valence-corrected chi connectivity index (χ3v) is 4.39. The van der Waals surface area contributed by atoms with E-state index in [1.807, 2.05) is 0 Å². The lowest BCUT2D eigenvalue weighted by molar-refractivity contribution is -0.117. The van der Waals surface area contributed by atoms with Gasteiger partial charge in [0.2, 0.25) is 5.91 Å². The Balaban J connectivity index is 2.20. The zero-order chi connectivity index (χ0) is 15.4. The summed E-state index contributed by atoms with van der Waals surface area (Å²) in [5.41, 5.74) is 1.03. The number of carbonyl (C=O) groups is 2. The quantitative estimate of drug-likeness (QED) is 0.853. The van der Waals surface area contributed by atoms with Crippen molar-refractivity contribution in [2.24, 2.45) is 5.92 Å². The lowest BCUT2D eigenvalue weighted by atomic mass is 10.1. The highest BCUT2D eigenvalue weighted by molar-refractivity contribution is 8.13. The average molecular weight is 304 g/mol. The molecule has 1 fully saturated rings. The topological polar surface area (TPSA) is 70.4 Å². The van der Waals surface area contributed by atoms with Crippen LogP contribution in [0.3, 0.4) is 0 Å². The van der Waals surface area contributed by atoms with Crippen molar-refractivity contribution < 1.29 is 14.3 Å². The minimum absolute atomic E-state index is 0.0195. The molecule has 1 aliphatic heterocycles. The number of carbonyl (C=O) groups excluding carboxylic acids is 2. The van der Waals surface area contributed by atoms with Crippen molar-refractivity contribution in [2.45, 2.75) is 13.3 Å². The second kappa shape index (κ2) is 6.64. The van der Waals surface area contributed by atoms with Crippen molar-refractivity contribution in [3.8, 4) is 11.8 Å². The van der Waals surface area contributed by atoms with Crippen LogP contribution in [0.5, 0.6) is 5.75 Å². The molecule has 0 saturated carbocycles. The number of methoxy groups -OCH3 is 1. The van der Waals surface area contributed by atoms with Gasteiger partial charge in [0.05, 0.1) is 18.4 Å². The first kappa shape index (κ1) is 15.4. The van der Waals surface area contributed by atoms with E-state index in [9.17, 15) is 14.9 Å². The second-order valence-corrected chi connectivity index (χ2v) is 6.07. The Kier molecular flexibility index (Phi) is 4.86. The molecule has 110 valence electrons. The third kappa shape index (κ3) is 3.56. The Morgan fingerprint density at radius 1 is 1.57 bits per heavy atom. The van der Waals surface area contributed by atoms with Gasteiger partial charge < -0.3 is 9.64 Å². The first-order valence-electron chi connectivity index (χ1n) is 6.57. The fraction of sp³-hybridized carbons (Fsp3) is 0.400. The number of nitrogens with zero attached hydrogens (tertiary/aromatic N) is 2. The predicted molar refractivity (Wildman–Crippen MR) is 81.3 cm³/mol. The molecule has 1 aromatic carbocycles. The van der Waals surface area contributed by atoms with Gasteiger partial charge in [-0.05, 0) is 18.1 Å². The molecule has 21 heavy (non-hydrogen) atoms. The normalized spacial score (nSPS) is 17.7. The summed E-state index contributed by atoms with van der Waals surface area (Å²) in [6, 6.07) is 7.16. The maximum atomic E-state index is 12.2. The van der Waals surface area contributed by atoms with Gasteiger partial charge in [-0.15, -0.1) is 0 Å². The number of hydrogen-bond acceptors (Lipinski definition) is 5. The summed E-state index contributed by atoms with van der Waals surface area (Å²) in [7, 11) is 1.54. The van der Waals surface area contributed by atoms with Crippen LogP contribution in [0, 0.1) is 17.2 Å². The standard InChI is InChI=1S/C15H16N2O3S/c1-10(18)21-9-11-5-15(19)17(8-11)14-6-13(20-2)4-3-12(14)7-16/h3-4,6,11H,5,8-9H2,1-2H3. The monoisotopic (exact) mass is 304 g/mol. The lowest BCUT2D eigenvalue weighted by Gasteiger charge is -2.18. The van der Waals surface area contributed by atoms with Crippen molar-refractivity contribution in [2.75, 3.05) is 24.3 Å². The molecule has 1 unspecified atom stereocenters. The molecule has 0 aliphatic carbocycles. The first-order valence-corrected chi connectivity index (χ1v) is 7.55. The molecule has 2 rings (SSSR count). The van der Waals surface area contributed by atoms with E-state index in [0.717, 1.165) is 0 Å². The number of nitriles is 1. The number of thioether (sulfide) groups is 1. The molecule has 1 heterocycles. The number of benzene rings is 1. The summed E-state index contributed by atoms with van der Waals surface area (Å²) in [6.07, 6.45) is 0.405. The van der Waals surface area contributed by atoms with E-state index in [1.54, 1.807) is 30.2 Å². The smallest absolute Gasteiger partial charge is 0.227 e. The summed E-state index contributed by atoms with van der Waals surface area (Å²) in [5, 5.41) is 9.25. The summed E-state index contributed by atoms with van der Waals surface area (Å²) in [4.78, 5) is 24.8. The SMILES string of the molecule is COc1ccc(C#N)c(N2CC(CSC(C)=O)CC2=O)c1. The first-order chi connectivity index (χ1) is 10.0. The Hall–Kier alpha value is -2.00. The summed E-state index contributed by atoms with van der Waals surface area (Å²) < 4.78 is 5.16. The van der Waals surface area contributed by atoms with Crippen molar-refractivity contribution in [3.63, 3.8) is 0 Å². The molecule has 5 nitrogen and oxygen atoms in total. The maximum Gasteiger partial charge on any atom is 0.227 e. The Labute approximate surface area is 127 Å². The molecule has 1 aromatic rings. The molecule has 6 heteroatoms. The molecule has 0 aromatic heterocycles. The van der Waals surface area contributed by atoms with Crippen LogP contribution in [0.25, 0.3) is 0 Å². The molecule has 0 N–H and O–H groups in total. The Morgan fingerprint density at radius 2 is 2.33 bits per heavy atom. The van der Waals surface area contributed by atoms with Crippen LogP contribution in [0.1, 0.15) is 18.9 Å². The van der Waals surface area contributed by atoms with E-state index in [-0.39, 0.29) is 16.9 Å². The minimum atomic E-state index is -0.0195. The molecule has 0 radical (unpaired) electrons. The van der Waals surface area contributed by atoms with E-state index < -0.39 is 0 Å². The predicted octanol–water partition coefficient (Wildman–Crippen LogP) is 2.20. The van der Waals surface area contributed by atoms with Gasteiger partial charge in [-0.2, -0.15) is 5.26 Å². The molecule has 1 aliphatic rings. The highest BCUT2D eigenvalue weighted by Gasteiger charge is 2.32. The van der Waals surface area contributed by atoms with Gasteiger partial charge in [-0.25, -0.2) is 0 Å². The van der Waals surface area contributed by atoms with Gasteiger partial charge in [-0.3, -0.25) is 9.59 Å². The van der Waals surface area contributed by atoms with E-state index in [0.29, 0.717) is 35.7 Å². The van der Waals surface area contributed by atoms with E-state index in [4.69, 9.17) is 4.74 Å². The number of anilines is 1. The highest BCUT2D eigenvalue weighted by atomic mass is 32.2. The molecule has 0 bridgehead atoms. The van der Waals surface area contributed by atoms with Gasteiger partial charge >= 0.3 is 0 Å². The van der Waals surface area contributed by atoms with Crippen LogP contribution in [0.4, 0.5) is 5.69 Å². The van der Waals surface area contributed by atoms with Crippen molar-refractivity contribution in [3.05, 3.63) is 23.8 Å². The van der Waals surface area contributed by atoms with Crippen LogP contribution in [0.15, 0.2) is 18.2 Å².